The Morgan fingerprint density at radius 1 is 1.47 bits per heavy atom. The van der Waals surface area contributed by atoms with Gasteiger partial charge >= 0.3 is 0 Å². The van der Waals surface area contributed by atoms with Crippen molar-refractivity contribution in [2.75, 3.05) is 13.1 Å². The normalized spacial score (nSPS) is 22.1. The molecule has 1 aliphatic rings. The molecule has 0 aliphatic carbocycles. The summed E-state index contributed by atoms with van der Waals surface area (Å²) < 4.78 is 14.0. The summed E-state index contributed by atoms with van der Waals surface area (Å²) in [6.45, 7) is 6.16. The van der Waals surface area contributed by atoms with Gasteiger partial charge < -0.3 is 5.73 Å². The fourth-order valence-electron chi connectivity index (χ4n) is 3.13. The van der Waals surface area contributed by atoms with Gasteiger partial charge in [0.25, 0.3) is 0 Å². The third-order valence-electron chi connectivity index (χ3n) is 4.06. The molecule has 1 aromatic carbocycles. The molecule has 1 fully saturated rings. The summed E-state index contributed by atoms with van der Waals surface area (Å²) in [7, 11) is 0. The van der Waals surface area contributed by atoms with Crippen LogP contribution in [0, 0.1) is 11.7 Å². The first-order valence-electron chi connectivity index (χ1n) is 6.95. The van der Waals surface area contributed by atoms with Crippen LogP contribution in [0.5, 0.6) is 0 Å². The van der Waals surface area contributed by atoms with Crippen molar-refractivity contribution in [3.8, 4) is 0 Å². The van der Waals surface area contributed by atoms with Crippen molar-refractivity contribution in [2.24, 2.45) is 11.7 Å². The molecule has 0 amide bonds. The van der Waals surface area contributed by atoms with E-state index in [9.17, 15) is 4.39 Å². The summed E-state index contributed by atoms with van der Waals surface area (Å²) in [5.74, 6) is 0.406. The van der Waals surface area contributed by atoms with Crippen LogP contribution in [0.3, 0.4) is 0 Å². The maximum Gasteiger partial charge on any atom is 0.124 e. The molecule has 2 nitrogen and oxygen atoms in total. The van der Waals surface area contributed by atoms with Gasteiger partial charge in [-0.3, -0.25) is 4.90 Å². The third kappa shape index (κ3) is 3.18. The second-order valence-electron chi connectivity index (χ2n) is 5.61. The van der Waals surface area contributed by atoms with Crippen LogP contribution >= 0.6 is 15.9 Å². The molecule has 1 heterocycles. The van der Waals surface area contributed by atoms with Crippen molar-refractivity contribution in [3.63, 3.8) is 0 Å². The highest BCUT2D eigenvalue weighted by Crippen LogP contribution is 2.35. The molecule has 2 N–H and O–H groups in total. The Kier molecular flexibility index (Phi) is 4.98. The van der Waals surface area contributed by atoms with Gasteiger partial charge in [-0.25, -0.2) is 4.39 Å². The molecule has 1 saturated heterocycles. The van der Waals surface area contributed by atoms with E-state index in [-0.39, 0.29) is 11.9 Å². The number of hydrogen-bond donors (Lipinski definition) is 1. The predicted molar refractivity (Wildman–Crippen MR) is 80.5 cm³/mol. The minimum Gasteiger partial charge on any atom is -0.329 e. The summed E-state index contributed by atoms with van der Waals surface area (Å²) in [4.78, 5) is 2.49. The molecule has 0 radical (unpaired) electrons. The Bertz CT molecular complexity index is 436. The first-order chi connectivity index (χ1) is 9.04. The monoisotopic (exact) mass is 328 g/mol. The molecule has 4 heteroatoms. The maximum absolute atomic E-state index is 13.2. The zero-order chi connectivity index (χ0) is 14.0. The average molecular weight is 329 g/mol. The molecule has 0 aromatic heterocycles. The molecule has 106 valence electrons. The Morgan fingerprint density at radius 2 is 2.21 bits per heavy atom. The zero-order valence-corrected chi connectivity index (χ0v) is 13.2. The van der Waals surface area contributed by atoms with E-state index in [1.165, 1.54) is 25.0 Å². The molecule has 2 atom stereocenters. The highest BCUT2D eigenvalue weighted by Gasteiger charge is 2.33. The summed E-state index contributed by atoms with van der Waals surface area (Å²) in [5.41, 5.74) is 7.09. The van der Waals surface area contributed by atoms with Crippen LogP contribution in [0.4, 0.5) is 4.39 Å². The zero-order valence-electron chi connectivity index (χ0n) is 11.6. The fraction of sp³-hybridized carbons (Fsp3) is 0.600. The van der Waals surface area contributed by atoms with Crippen LogP contribution in [-0.4, -0.2) is 24.0 Å². The molecule has 0 spiro atoms. The number of benzene rings is 1. The minimum atomic E-state index is -0.215. The Labute approximate surface area is 123 Å². The summed E-state index contributed by atoms with van der Waals surface area (Å²) >= 11 is 3.47. The molecule has 1 aliphatic heterocycles. The number of halogens is 2. The number of nitrogens with zero attached hydrogens (tertiary/aromatic N) is 1. The Hall–Kier alpha value is -0.450. The van der Waals surface area contributed by atoms with Gasteiger partial charge in [0.1, 0.15) is 5.82 Å². The quantitative estimate of drug-likeness (QED) is 0.912. The summed E-state index contributed by atoms with van der Waals surface area (Å²) in [6, 6.07) is 5.64. The van der Waals surface area contributed by atoms with E-state index in [0.717, 1.165) is 16.6 Å². The van der Waals surface area contributed by atoms with Crippen LogP contribution in [0.2, 0.25) is 0 Å². The Morgan fingerprint density at radius 3 is 2.79 bits per heavy atom. The molecule has 0 bridgehead atoms. The highest BCUT2D eigenvalue weighted by atomic mass is 79.9. The third-order valence-corrected chi connectivity index (χ3v) is 4.74. The van der Waals surface area contributed by atoms with Crippen LogP contribution < -0.4 is 5.73 Å². The number of hydrogen-bond acceptors (Lipinski definition) is 2. The van der Waals surface area contributed by atoms with Gasteiger partial charge in [0, 0.05) is 23.1 Å². The van der Waals surface area contributed by atoms with Crippen molar-refractivity contribution in [2.45, 2.75) is 38.8 Å². The van der Waals surface area contributed by atoms with Gasteiger partial charge in [-0.1, -0.05) is 35.8 Å². The standard InChI is InChI=1S/C15H22BrFN2/c1-10(2)14-4-3-7-19(14)15(9-18)12-6-5-11(17)8-13(12)16/h5-6,8,10,14-15H,3-4,7,9,18H2,1-2H3. The lowest BCUT2D eigenvalue weighted by atomic mass is 9.98. The van der Waals surface area contributed by atoms with E-state index in [4.69, 9.17) is 5.73 Å². The minimum absolute atomic E-state index is 0.171. The lowest BCUT2D eigenvalue weighted by molar-refractivity contribution is 0.149. The molecular weight excluding hydrogens is 307 g/mol. The van der Waals surface area contributed by atoms with Crippen molar-refractivity contribution >= 4 is 15.9 Å². The SMILES string of the molecule is CC(C)C1CCCN1C(CN)c1ccc(F)cc1Br. The smallest absolute Gasteiger partial charge is 0.124 e. The lowest BCUT2D eigenvalue weighted by Gasteiger charge is -2.35. The molecule has 19 heavy (non-hydrogen) atoms. The topological polar surface area (TPSA) is 29.3 Å². The van der Waals surface area contributed by atoms with Crippen molar-refractivity contribution < 1.29 is 4.39 Å². The van der Waals surface area contributed by atoms with Crippen LogP contribution in [0.1, 0.15) is 38.3 Å². The fourth-order valence-corrected chi connectivity index (χ4v) is 3.75. The highest BCUT2D eigenvalue weighted by molar-refractivity contribution is 9.10. The molecule has 1 aromatic rings. The predicted octanol–water partition coefficient (Wildman–Crippen LogP) is 3.71. The Balaban J connectivity index is 2.28. The van der Waals surface area contributed by atoms with Crippen molar-refractivity contribution in [3.05, 3.63) is 34.1 Å². The van der Waals surface area contributed by atoms with E-state index in [2.05, 4.69) is 34.7 Å². The number of rotatable bonds is 4. The largest absolute Gasteiger partial charge is 0.329 e. The molecule has 2 rings (SSSR count). The van der Waals surface area contributed by atoms with Crippen molar-refractivity contribution in [1.29, 1.82) is 0 Å². The average Bonchev–Trinajstić information content (AvgIpc) is 2.82. The van der Waals surface area contributed by atoms with Gasteiger partial charge in [-0.2, -0.15) is 0 Å². The molecule has 2 unspecified atom stereocenters. The van der Waals surface area contributed by atoms with Gasteiger partial charge in [-0.15, -0.1) is 0 Å². The summed E-state index contributed by atoms with van der Waals surface area (Å²) in [5, 5.41) is 0. The van der Waals surface area contributed by atoms with Gasteiger partial charge in [0.2, 0.25) is 0 Å². The maximum atomic E-state index is 13.2. The second-order valence-corrected chi connectivity index (χ2v) is 6.46. The number of nitrogens with two attached hydrogens (primary N) is 1. The first-order valence-corrected chi connectivity index (χ1v) is 7.74. The van der Waals surface area contributed by atoms with E-state index in [1.54, 1.807) is 0 Å². The van der Waals surface area contributed by atoms with Crippen LogP contribution in [0.15, 0.2) is 22.7 Å². The van der Waals surface area contributed by atoms with Gasteiger partial charge in [0.15, 0.2) is 0 Å². The van der Waals surface area contributed by atoms with E-state index >= 15 is 0 Å². The lowest BCUT2D eigenvalue weighted by Crippen LogP contribution is -2.40. The van der Waals surface area contributed by atoms with E-state index in [1.807, 2.05) is 6.07 Å². The van der Waals surface area contributed by atoms with Crippen molar-refractivity contribution in [1.82, 2.24) is 4.90 Å². The molecular formula is C15H22BrFN2. The van der Waals surface area contributed by atoms with Crippen LogP contribution in [-0.2, 0) is 0 Å². The molecule has 0 saturated carbocycles. The van der Waals surface area contributed by atoms with Gasteiger partial charge in [0.05, 0.1) is 0 Å². The van der Waals surface area contributed by atoms with Crippen LogP contribution in [0.25, 0.3) is 0 Å². The van der Waals surface area contributed by atoms with E-state index in [0.29, 0.717) is 18.5 Å². The van der Waals surface area contributed by atoms with Gasteiger partial charge in [-0.05, 0) is 43.0 Å². The number of likely N-dealkylation sites (tertiary alicyclic amines) is 1. The van der Waals surface area contributed by atoms with E-state index < -0.39 is 0 Å². The second kappa shape index (κ2) is 6.33. The first kappa shape index (κ1) is 14.9. The summed E-state index contributed by atoms with van der Waals surface area (Å²) in [6.07, 6.45) is 2.45.